The number of piperazine rings is 1. The molecule has 0 saturated carbocycles. The van der Waals surface area contributed by atoms with E-state index in [1.165, 1.54) is 83.6 Å². The fourth-order valence-corrected chi connectivity index (χ4v) is 12.4. The van der Waals surface area contributed by atoms with Crippen molar-refractivity contribution in [3.8, 4) is 34.8 Å². The number of cyclic esters (lactones) is 1. The average molecular weight is 887 g/mol. The molecule has 2 fully saturated rings. The minimum absolute atomic E-state index is 0.0328. The Balaban J connectivity index is 1.19. The maximum atomic E-state index is 14.1. The highest BCUT2D eigenvalue weighted by Crippen LogP contribution is 2.64. The summed E-state index contributed by atoms with van der Waals surface area (Å²) in [5.74, 6) is 0.459. The van der Waals surface area contributed by atoms with Crippen molar-refractivity contribution in [3.05, 3.63) is 52.1 Å². The van der Waals surface area contributed by atoms with Gasteiger partial charge >= 0.3 is 11.9 Å². The van der Waals surface area contributed by atoms with Gasteiger partial charge in [-0.25, -0.2) is 4.79 Å². The molecule has 2 aromatic rings. The van der Waals surface area contributed by atoms with Crippen molar-refractivity contribution < 1.29 is 43.2 Å². The van der Waals surface area contributed by atoms with Crippen LogP contribution in [0.3, 0.4) is 0 Å². The first kappa shape index (κ1) is 46.5. The number of methoxy groups -OCH3 is 1. The highest BCUT2D eigenvalue weighted by molar-refractivity contribution is 7.99. The number of aromatic hydroxyl groups is 1. The molecule has 13 nitrogen and oxygen atoms in total. The normalized spacial score (nSPS) is 24.6. The Morgan fingerprint density at radius 3 is 2.29 bits per heavy atom. The van der Waals surface area contributed by atoms with E-state index in [1.807, 2.05) is 26.0 Å². The second-order valence-corrected chi connectivity index (χ2v) is 19.0. The molecule has 2 aromatic carbocycles. The largest absolute Gasteiger partial charge is 0.504 e. The van der Waals surface area contributed by atoms with Crippen molar-refractivity contribution in [1.29, 1.82) is 5.26 Å². The van der Waals surface area contributed by atoms with Crippen molar-refractivity contribution in [2.45, 2.75) is 166 Å². The van der Waals surface area contributed by atoms with Crippen LogP contribution in [0.25, 0.3) is 0 Å². The Kier molecular flexibility index (Phi) is 15.5. The molecule has 0 aliphatic carbocycles. The summed E-state index contributed by atoms with van der Waals surface area (Å²) in [6, 6.07) is 0.858. The minimum Gasteiger partial charge on any atom is -0.504 e. The van der Waals surface area contributed by atoms with Crippen LogP contribution >= 0.6 is 11.8 Å². The molecule has 342 valence electrons. The number of ether oxygens (including phenoxy) is 5. The van der Waals surface area contributed by atoms with Gasteiger partial charge in [0.2, 0.25) is 12.7 Å². The first-order chi connectivity index (χ1) is 30.6. The van der Waals surface area contributed by atoms with Gasteiger partial charge in [-0.15, -0.1) is 18.3 Å². The second-order valence-electron chi connectivity index (χ2n) is 17.8. The van der Waals surface area contributed by atoms with Crippen molar-refractivity contribution in [1.82, 2.24) is 15.1 Å². The molecule has 2 N–H and O–H groups in total. The topological polar surface area (TPSA) is 160 Å². The van der Waals surface area contributed by atoms with E-state index >= 15 is 0 Å². The van der Waals surface area contributed by atoms with Gasteiger partial charge < -0.3 is 34.1 Å². The number of carbonyl (C=O) groups is 3. The summed E-state index contributed by atoms with van der Waals surface area (Å²) < 4.78 is 30.3. The lowest BCUT2D eigenvalue weighted by Gasteiger charge is -2.62. The molecule has 2 saturated heterocycles. The highest BCUT2D eigenvalue weighted by atomic mass is 32.2. The zero-order valence-electron chi connectivity index (χ0n) is 37.8. The van der Waals surface area contributed by atoms with E-state index in [0.29, 0.717) is 64.6 Å². The SMILES string of the molecule is C=CCN1[C@@H]2c3c(cc(C)c(OC)c3O)C[C@H]1[C@H](C#N)N1C2[C@@H]2SCC(NC(=O)CCCCCCCCCCCCCCC)C(=O)OC[C@H]1c1c3c(c(C)c(OC(C)=O)c12)OCO3. The lowest BCUT2D eigenvalue weighted by Crippen LogP contribution is -2.70. The number of thioether (sulfide) groups is 1. The Morgan fingerprint density at radius 1 is 0.984 bits per heavy atom. The number of phenols is 1. The zero-order valence-corrected chi connectivity index (χ0v) is 38.6. The van der Waals surface area contributed by atoms with E-state index in [2.05, 4.69) is 34.7 Å². The lowest BCUT2D eigenvalue weighted by molar-refractivity contribution is -0.153. The third kappa shape index (κ3) is 9.39. The highest BCUT2D eigenvalue weighted by Gasteiger charge is 2.61. The van der Waals surface area contributed by atoms with Crippen LogP contribution in [0.5, 0.6) is 28.7 Å². The van der Waals surface area contributed by atoms with Gasteiger partial charge in [0.1, 0.15) is 24.4 Å². The summed E-state index contributed by atoms with van der Waals surface area (Å²) in [5.41, 5.74) is 4.30. The van der Waals surface area contributed by atoms with E-state index in [-0.39, 0.29) is 36.9 Å². The molecule has 0 aromatic heterocycles. The number of nitrogens with zero attached hydrogens (tertiary/aromatic N) is 3. The third-order valence-corrected chi connectivity index (χ3v) is 15.1. The average Bonchev–Trinajstić information content (AvgIpc) is 3.75. The number of fused-ring (bicyclic) bond motifs is 9. The fourth-order valence-electron chi connectivity index (χ4n) is 10.9. The number of rotatable bonds is 19. The van der Waals surface area contributed by atoms with E-state index in [0.717, 1.165) is 36.8 Å². The summed E-state index contributed by atoms with van der Waals surface area (Å²) in [5, 5.41) is 25.8. The number of carbonyl (C=O) groups excluding carboxylic acids is 3. The van der Waals surface area contributed by atoms with Crippen LogP contribution in [0.4, 0.5) is 0 Å². The van der Waals surface area contributed by atoms with Gasteiger partial charge in [-0.05, 0) is 37.8 Å². The monoisotopic (exact) mass is 886 g/mol. The maximum absolute atomic E-state index is 14.1. The van der Waals surface area contributed by atoms with Crippen LogP contribution in [0, 0.1) is 25.2 Å². The number of unbranched alkanes of at least 4 members (excludes halogenated alkanes) is 12. The van der Waals surface area contributed by atoms with E-state index < -0.39 is 47.4 Å². The van der Waals surface area contributed by atoms with Crippen LogP contribution in [-0.2, 0) is 25.5 Å². The van der Waals surface area contributed by atoms with Gasteiger partial charge in [0.15, 0.2) is 23.0 Å². The predicted molar refractivity (Wildman–Crippen MR) is 241 cm³/mol. The molecule has 5 aliphatic heterocycles. The number of nitrogens with one attached hydrogen (secondary N) is 1. The van der Waals surface area contributed by atoms with Crippen molar-refractivity contribution in [3.63, 3.8) is 0 Å². The molecule has 2 unspecified atom stereocenters. The van der Waals surface area contributed by atoms with E-state index in [1.54, 1.807) is 0 Å². The summed E-state index contributed by atoms with van der Waals surface area (Å²) in [4.78, 5) is 44.9. The molecular formula is C49H66N4O9S. The molecule has 14 heteroatoms. The molecule has 5 aliphatic rings. The van der Waals surface area contributed by atoms with Crippen LogP contribution < -0.4 is 24.3 Å². The number of hydrogen-bond donors (Lipinski definition) is 2. The van der Waals surface area contributed by atoms with Crippen LogP contribution in [-0.4, -0.2) is 89.7 Å². The minimum atomic E-state index is -0.963. The summed E-state index contributed by atoms with van der Waals surface area (Å²) in [6.07, 6.45) is 18.2. The van der Waals surface area contributed by atoms with Gasteiger partial charge in [0.05, 0.1) is 30.5 Å². The number of phenolic OH excluding ortho intramolecular Hbond substituents is 1. The van der Waals surface area contributed by atoms with Crippen molar-refractivity contribution in [2.24, 2.45) is 0 Å². The molecule has 0 spiro atoms. The number of aryl methyl sites for hydroxylation is 1. The van der Waals surface area contributed by atoms with Crippen LogP contribution in [0.15, 0.2) is 18.7 Å². The van der Waals surface area contributed by atoms with E-state index in [4.69, 9.17) is 23.7 Å². The number of benzene rings is 2. The number of nitriles is 1. The van der Waals surface area contributed by atoms with Gasteiger partial charge in [0, 0.05) is 60.0 Å². The Bertz CT molecular complexity index is 2070. The number of esters is 2. The predicted octanol–water partition coefficient (Wildman–Crippen LogP) is 8.75. The van der Waals surface area contributed by atoms with Gasteiger partial charge in [-0.1, -0.05) is 96.1 Å². The number of amides is 1. The lowest BCUT2D eigenvalue weighted by atomic mass is 9.71. The van der Waals surface area contributed by atoms with Crippen LogP contribution in [0.1, 0.15) is 154 Å². The first-order valence-corrected chi connectivity index (χ1v) is 24.3. The van der Waals surface area contributed by atoms with Gasteiger partial charge in [0.25, 0.3) is 0 Å². The third-order valence-electron chi connectivity index (χ3n) is 13.7. The Hall–Kier alpha value is -4.45. The Morgan fingerprint density at radius 2 is 1.65 bits per heavy atom. The molecule has 1 amide bonds. The molecule has 5 heterocycles. The van der Waals surface area contributed by atoms with Crippen molar-refractivity contribution >= 4 is 29.6 Å². The summed E-state index contributed by atoms with van der Waals surface area (Å²) in [6.45, 7) is 11.6. The standard InChI is InChI=1S/C49H66N4O9S/c1-7-9-10-11-12-13-14-15-16-17-18-19-20-21-37(55)51-33-27-63-48-40-39(47-46(60-28-61-47)30(4)45(40)62-31(5)54)36(26-59-49(33)57)53-35(25-50)34-24-32-23-29(3)44(58-6)43(56)38(32)41(42(48)53)52(34)22-8-2/h8,23,33-36,41-42,48,56H,2,7,9-22,24,26-28H2,1,3-6H3,(H,51,55)/t33?,34-,35-,36-,41+,42?,48+/m0/s1. The quantitative estimate of drug-likeness (QED) is 0.0597. The fraction of sp³-hybridized carbons (Fsp3) is 0.633. The van der Waals surface area contributed by atoms with Gasteiger partial charge in [-0.2, -0.15) is 5.26 Å². The Labute approximate surface area is 377 Å². The number of hydrogen-bond acceptors (Lipinski definition) is 13. The molecule has 63 heavy (non-hydrogen) atoms. The molecule has 0 radical (unpaired) electrons. The van der Waals surface area contributed by atoms with Crippen molar-refractivity contribution in [2.75, 3.05) is 32.8 Å². The van der Waals surface area contributed by atoms with Crippen LogP contribution in [0.2, 0.25) is 0 Å². The molecular weight excluding hydrogens is 821 g/mol. The molecule has 7 rings (SSSR count). The smallest absolute Gasteiger partial charge is 0.329 e. The van der Waals surface area contributed by atoms with E-state index in [9.17, 15) is 24.8 Å². The van der Waals surface area contributed by atoms with Gasteiger partial charge in [-0.3, -0.25) is 19.4 Å². The maximum Gasteiger partial charge on any atom is 0.329 e. The first-order valence-electron chi connectivity index (χ1n) is 23.2. The summed E-state index contributed by atoms with van der Waals surface area (Å²) in [7, 11) is 1.54. The summed E-state index contributed by atoms with van der Waals surface area (Å²) >= 11 is 1.43. The molecule has 4 bridgehead atoms. The molecule has 7 atom stereocenters. The second kappa shape index (κ2) is 21.0. The zero-order chi connectivity index (χ0) is 44.8.